The number of aromatic nitrogens is 1. The maximum absolute atomic E-state index is 12.9. The van der Waals surface area contributed by atoms with E-state index in [0.717, 1.165) is 5.56 Å². The van der Waals surface area contributed by atoms with Gasteiger partial charge < -0.3 is 19.9 Å². The first-order chi connectivity index (χ1) is 14.4. The van der Waals surface area contributed by atoms with Gasteiger partial charge in [0.2, 0.25) is 11.8 Å². The van der Waals surface area contributed by atoms with E-state index in [4.69, 9.17) is 16.3 Å². The lowest BCUT2D eigenvalue weighted by Gasteiger charge is -2.19. The Morgan fingerprint density at radius 3 is 2.40 bits per heavy atom. The number of nitrogens with zero attached hydrogens (tertiary/aromatic N) is 1. The molecule has 0 bridgehead atoms. The molecule has 0 aliphatic rings. The van der Waals surface area contributed by atoms with Crippen LogP contribution in [0.5, 0.6) is 5.75 Å². The summed E-state index contributed by atoms with van der Waals surface area (Å²) in [6, 6.07) is 16.6. The fourth-order valence-corrected chi connectivity index (χ4v) is 3.41. The molecule has 6 nitrogen and oxygen atoms in total. The number of rotatable bonds is 8. The number of carbonyl (C=O) groups is 2. The largest absolute Gasteiger partial charge is 0.495 e. The lowest BCUT2D eigenvalue weighted by Crippen LogP contribution is -2.19. The van der Waals surface area contributed by atoms with Crippen LogP contribution in [0.4, 0.5) is 11.4 Å². The second-order valence-electron chi connectivity index (χ2n) is 6.98. The van der Waals surface area contributed by atoms with E-state index in [1.807, 2.05) is 53.4 Å². The molecule has 3 rings (SSSR count). The lowest BCUT2D eigenvalue weighted by molar-refractivity contribution is -0.116. The van der Waals surface area contributed by atoms with Gasteiger partial charge in [-0.3, -0.25) is 9.59 Å². The third-order valence-corrected chi connectivity index (χ3v) is 4.92. The zero-order valence-corrected chi connectivity index (χ0v) is 17.6. The van der Waals surface area contributed by atoms with Crippen molar-refractivity contribution in [3.8, 4) is 5.75 Å². The Bertz CT molecular complexity index is 1000. The molecule has 2 aromatic carbocycles. The predicted octanol–water partition coefficient (Wildman–Crippen LogP) is 4.92. The number of nitrogens with one attached hydrogen (secondary N) is 2. The highest BCUT2D eigenvalue weighted by Gasteiger charge is 2.18. The minimum Gasteiger partial charge on any atom is -0.495 e. The molecule has 156 valence electrons. The Hall–Kier alpha value is -3.25. The number of benzene rings is 2. The first-order valence-corrected chi connectivity index (χ1v) is 9.94. The molecule has 0 aliphatic carbocycles. The van der Waals surface area contributed by atoms with Crippen LogP contribution >= 0.6 is 11.6 Å². The standard InChI is InChI=1S/C23H24ClN3O3/c1-16(28)25-20-9-10-22(30-2)21(14-20)26-23(29)13-18(15-27-11-3-4-12-27)17-5-7-19(24)8-6-17/h3-12,14,18H,13,15H2,1-2H3,(H,25,28)(H,26,29)/t18-/m0/s1. The third-order valence-electron chi connectivity index (χ3n) is 4.66. The van der Waals surface area contributed by atoms with Crippen molar-refractivity contribution in [2.45, 2.75) is 25.8 Å². The number of halogens is 1. The molecule has 7 heteroatoms. The number of ether oxygens (including phenoxy) is 1. The van der Waals surface area contributed by atoms with Gasteiger partial charge in [-0.05, 0) is 48.0 Å². The molecule has 0 saturated heterocycles. The molecular formula is C23H24ClN3O3. The van der Waals surface area contributed by atoms with Crippen LogP contribution in [0.15, 0.2) is 67.0 Å². The predicted molar refractivity (Wildman–Crippen MR) is 119 cm³/mol. The van der Waals surface area contributed by atoms with Crippen LogP contribution in [0.2, 0.25) is 5.02 Å². The number of hydrogen-bond acceptors (Lipinski definition) is 3. The molecule has 2 amide bonds. The zero-order valence-electron chi connectivity index (χ0n) is 16.9. The second-order valence-corrected chi connectivity index (χ2v) is 7.41. The molecule has 1 atom stereocenters. The Labute approximate surface area is 180 Å². The molecule has 0 aliphatic heterocycles. The van der Waals surface area contributed by atoms with E-state index in [1.54, 1.807) is 18.2 Å². The van der Waals surface area contributed by atoms with Crippen molar-refractivity contribution < 1.29 is 14.3 Å². The van der Waals surface area contributed by atoms with Gasteiger partial charge in [0.15, 0.2) is 0 Å². The summed E-state index contributed by atoms with van der Waals surface area (Å²) >= 11 is 6.03. The highest BCUT2D eigenvalue weighted by Crippen LogP contribution is 2.30. The van der Waals surface area contributed by atoms with Gasteiger partial charge in [-0.2, -0.15) is 0 Å². The topological polar surface area (TPSA) is 72.4 Å². The van der Waals surface area contributed by atoms with Crippen LogP contribution in [0.1, 0.15) is 24.8 Å². The van der Waals surface area contributed by atoms with Crippen molar-refractivity contribution in [2.75, 3.05) is 17.7 Å². The van der Waals surface area contributed by atoms with Crippen LogP contribution in [0.25, 0.3) is 0 Å². The van der Waals surface area contributed by atoms with E-state index in [0.29, 0.717) is 28.7 Å². The van der Waals surface area contributed by atoms with Crippen molar-refractivity contribution in [1.29, 1.82) is 0 Å². The highest BCUT2D eigenvalue weighted by atomic mass is 35.5. The smallest absolute Gasteiger partial charge is 0.225 e. The van der Waals surface area contributed by atoms with Gasteiger partial charge in [0.25, 0.3) is 0 Å². The Morgan fingerprint density at radius 2 is 1.77 bits per heavy atom. The molecule has 1 heterocycles. The number of amides is 2. The van der Waals surface area contributed by atoms with E-state index in [-0.39, 0.29) is 24.2 Å². The normalized spacial score (nSPS) is 11.6. The lowest BCUT2D eigenvalue weighted by atomic mass is 9.95. The molecule has 30 heavy (non-hydrogen) atoms. The average Bonchev–Trinajstić information content (AvgIpc) is 3.21. The summed E-state index contributed by atoms with van der Waals surface area (Å²) in [6.45, 7) is 2.09. The van der Waals surface area contributed by atoms with Gasteiger partial charge in [0.1, 0.15) is 5.75 Å². The fraction of sp³-hybridized carbons (Fsp3) is 0.217. The minimum absolute atomic E-state index is 0.0424. The van der Waals surface area contributed by atoms with Crippen LogP contribution in [0.3, 0.4) is 0 Å². The van der Waals surface area contributed by atoms with Crippen molar-refractivity contribution in [2.24, 2.45) is 0 Å². The van der Waals surface area contributed by atoms with E-state index in [9.17, 15) is 9.59 Å². The SMILES string of the molecule is COc1ccc(NC(C)=O)cc1NC(=O)C[C@@H](Cn1cccc1)c1ccc(Cl)cc1. The minimum atomic E-state index is -0.188. The Kier molecular flexibility index (Phi) is 7.14. The first-order valence-electron chi connectivity index (χ1n) is 9.56. The van der Waals surface area contributed by atoms with Gasteiger partial charge >= 0.3 is 0 Å². The number of anilines is 2. The number of hydrogen-bond donors (Lipinski definition) is 2. The van der Waals surface area contributed by atoms with E-state index in [1.165, 1.54) is 14.0 Å². The summed E-state index contributed by atoms with van der Waals surface area (Å²) < 4.78 is 7.39. The van der Waals surface area contributed by atoms with Crippen molar-refractivity contribution in [1.82, 2.24) is 4.57 Å². The van der Waals surface area contributed by atoms with E-state index >= 15 is 0 Å². The fourth-order valence-electron chi connectivity index (χ4n) is 3.28. The summed E-state index contributed by atoms with van der Waals surface area (Å²) in [5.41, 5.74) is 2.12. The maximum Gasteiger partial charge on any atom is 0.225 e. The molecule has 0 unspecified atom stereocenters. The number of carbonyl (C=O) groups excluding carboxylic acids is 2. The van der Waals surface area contributed by atoms with Crippen molar-refractivity contribution in [3.63, 3.8) is 0 Å². The van der Waals surface area contributed by atoms with Gasteiger partial charge in [-0.1, -0.05) is 23.7 Å². The van der Waals surface area contributed by atoms with Gasteiger partial charge in [-0.15, -0.1) is 0 Å². The molecule has 2 N–H and O–H groups in total. The summed E-state index contributed by atoms with van der Waals surface area (Å²) in [5.74, 6) is 0.137. The molecule has 1 aromatic heterocycles. The highest BCUT2D eigenvalue weighted by molar-refractivity contribution is 6.30. The molecule has 0 spiro atoms. The van der Waals surface area contributed by atoms with Crippen LogP contribution in [0, 0.1) is 0 Å². The molecular weight excluding hydrogens is 402 g/mol. The Morgan fingerprint density at radius 1 is 1.07 bits per heavy atom. The van der Waals surface area contributed by atoms with Crippen molar-refractivity contribution >= 4 is 34.8 Å². The van der Waals surface area contributed by atoms with Crippen LogP contribution in [-0.2, 0) is 16.1 Å². The van der Waals surface area contributed by atoms with Crippen molar-refractivity contribution in [3.05, 3.63) is 77.6 Å². The van der Waals surface area contributed by atoms with Gasteiger partial charge in [0.05, 0.1) is 12.8 Å². The second kappa shape index (κ2) is 9.98. The Balaban J connectivity index is 1.78. The van der Waals surface area contributed by atoms with Crippen LogP contribution in [-0.4, -0.2) is 23.5 Å². The van der Waals surface area contributed by atoms with Gasteiger partial charge in [0, 0.05) is 48.9 Å². The van der Waals surface area contributed by atoms with Gasteiger partial charge in [-0.25, -0.2) is 0 Å². The zero-order chi connectivity index (χ0) is 21.5. The monoisotopic (exact) mass is 425 g/mol. The summed E-state index contributed by atoms with van der Waals surface area (Å²) in [7, 11) is 1.53. The molecule has 3 aromatic rings. The first kappa shape index (κ1) is 21.5. The molecule has 0 saturated carbocycles. The summed E-state index contributed by atoms with van der Waals surface area (Å²) in [5, 5.41) is 6.28. The van der Waals surface area contributed by atoms with Crippen LogP contribution < -0.4 is 15.4 Å². The summed E-state index contributed by atoms with van der Waals surface area (Å²) in [4.78, 5) is 24.2. The maximum atomic E-state index is 12.9. The van der Waals surface area contributed by atoms with E-state index < -0.39 is 0 Å². The number of methoxy groups -OCH3 is 1. The quantitative estimate of drug-likeness (QED) is 0.538. The van der Waals surface area contributed by atoms with E-state index in [2.05, 4.69) is 10.6 Å². The third kappa shape index (κ3) is 5.87. The summed E-state index contributed by atoms with van der Waals surface area (Å²) in [6.07, 6.45) is 4.22. The molecule has 0 fully saturated rings. The molecule has 0 radical (unpaired) electrons. The average molecular weight is 426 g/mol.